The van der Waals surface area contributed by atoms with E-state index in [1.54, 1.807) is 0 Å². The molecule has 3 N–H and O–H groups in total. The molecular weight excluding hydrogens is 218 g/mol. The molecular formula is C9H21NO4S. The van der Waals surface area contributed by atoms with E-state index in [1.807, 2.05) is 20.8 Å². The van der Waals surface area contributed by atoms with Gasteiger partial charge in [-0.25, -0.2) is 0 Å². The second-order valence-corrected chi connectivity index (χ2v) is 6.38. The van der Waals surface area contributed by atoms with Crippen molar-refractivity contribution in [2.75, 3.05) is 13.2 Å². The smallest absolute Gasteiger partial charge is 0.281 e. The van der Waals surface area contributed by atoms with Gasteiger partial charge in [-0.1, -0.05) is 20.8 Å². The Kier molecular flexibility index (Phi) is 5.72. The van der Waals surface area contributed by atoms with Crippen molar-refractivity contribution in [3.05, 3.63) is 0 Å². The maximum absolute atomic E-state index is 11.0. The first-order valence-corrected chi connectivity index (χ1v) is 6.48. The molecule has 0 saturated heterocycles. The van der Waals surface area contributed by atoms with Crippen LogP contribution in [0.2, 0.25) is 0 Å². The lowest BCUT2D eigenvalue weighted by Crippen LogP contribution is -2.38. The largest absolute Gasteiger partial charge is 0.395 e. The summed E-state index contributed by atoms with van der Waals surface area (Å²) in [7, 11) is -4.08. The molecule has 92 valence electrons. The third-order valence-electron chi connectivity index (χ3n) is 2.00. The average molecular weight is 239 g/mol. The van der Waals surface area contributed by atoms with Crippen LogP contribution in [0.5, 0.6) is 0 Å². The van der Waals surface area contributed by atoms with Crippen molar-refractivity contribution < 1.29 is 18.1 Å². The highest BCUT2D eigenvalue weighted by atomic mass is 32.2. The maximum atomic E-state index is 11.0. The summed E-state index contributed by atoms with van der Waals surface area (Å²) in [6, 6.07) is 0. The summed E-state index contributed by atoms with van der Waals surface area (Å²) in [5, 5.41) is 10.2. The van der Waals surface area contributed by atoms with E-state index in [1.165, 1.54) is 0 Å². The molecule has 0 spiro atoms. The number of aliphatic hydroxyl groups excluding tert-OH is 1. The first-order valence-electron chi connectivity index (χ1n) is 4.97. The molecule has 0 aromatic rings. The molecule has 0 fully saturated rings. The molecule has 0 bridgehead atoms. The van der Waals surface area contributed by atoms with Crippen LogP contribution in [0.25, 0.3) is 0 Å². The topological polar surface area (TPSA) is 86.6 Å². The van der Waals surface area contributed by atoms with Gasteiger partial charge in [0.1, 0.15) is 5.37 Å². The summed E-state index contributed by atoms with van der Waals surface area (Å²) in [4.78, 5) is 0. The van der Waals surface area contributed by atoms with Gasteiger partial charge in [-0.15, -0.1) is 0 Å². The number of nitrogens with one attached hydrogen (secondary N) is 1. The first kappa shape index (κ1) is 14.8. The predicted molar refractivity (Wildman–Crippen MR) is 59.1 cm³/mol. The van der Waals surface area contributed by atoms with Gasteiger partial charge < -0.3 is 5.11 Å². The molecule has 0 aliphatic heterocycles. The first-order chi connectivity index (χ1) is 6.67. The zero-order valence-electron chi connectivity index (χ0n) is 9.52. The van der Waals surface area contributed by atoms with Crippen molar-refractivity contribution in [3.8, 4) is 0 Å². The quantitative estimate of drug-likeness (QED) is 0.591. The molecule has 0 aliphatic rings. The molecule has 5 nitrogen and oxygen atoms in total. The molecule has 0 amide bonds. The minimum absolute atomic E-state index is 0.0177. The monoisotopic (exact) mass is 239 g/mol. The summed E-state index contributed by atoms with van der Waals surface area (Å²) in [6.07, 6.45) is 1.01. The zero-order chi connectivity index (χ0) is 12.1. The van der Waals surface area contributed by atoms with Gasteiger partial charge in [-0.2, -0.15) is 8.42 Å². The van der Waals surface area contributed by atoms with E-state index < -0.39 is 15.5 Å². The molecule has 0 saturated carbocycles. The number of rotatable bonds is 6. The molecule has 0 rings (SSSR count). The lowest BCUT2D eigenvalue weighted by Gasteiger charge is -2.22. The van der Waals surface area contributed by atoms with Crippen LogP contribution in [0, 0.1) is 5.41 Å². The fraction of sp³-hybridized carbons (Fsp3) is 1.00. The molecule has 0 aliphatic carbocycles. The van der Waals surface area contributed by atoms with Crippen LogP contribution in [0.15, 0.2) is 0 Å². The molecule has 1 atom stereocenters. The minimum atomic E-state index is -4.08. The maximum Gasteiger partial charge on any atom is 0.281 e. The Balaban J connectivity index is 4.27. The minimum Gasteiger partial charge on any atom is -0.395 e. The predicted octanol–water partition coefficient (Wildman–Crippen LogP) is 0.609. The van der Waals surface area contributed by atoms with E-state index in [2.05, 4.69) is 5.32 Å². The summed E-state index contributed by atoms with van der Waals surface area (Å²) < 4.78 is 30.9. The van der Waals surface area contributed by atoms with Gasteiger partial charge in [0.2, 0.25) is 0 Å². The SMILES string of the molecule is CC(C)(C)CCC(NCCO)S(=O)(=O)O. The Hall–Kier alpha value is -0.170. The van der Waals surface area contributed by atoms with Crippen molar-refractivity contribution in [3.63, 3.8) is 0 Å². The average Bonchev–Trinajstić information content (AvgIpc) is 1.99. The van der Waals surface area contributed by atoms with Crippen molar-refractivity contribution in [1.29, 1.82) is 0 Å². The van der Waals surface area contributed by atoms with E-state index >= 15 is 0 Å². The normalized spacial score (nSPS) is 15.3. The van der Waals surface area contributed by atoms with Crippen LogP contribution in [-0.4, -0.2) is 36.6 Å². The Morgan fingerprint density at radius 3 is 2.20 bits per heavy atom. The van der Waals surface area contributed by atoms with Crippen LogP contribution in [-0.2, 0) is 10.1 Å². The van der Waals surface area contributed by atoms with Crippen molar-refractivity contribution in [2.45, 2.75) is 39.0 Å². The van der Waals surface area contributed by atoms with Crippen LogP contribution in [0.4, 0.5) is 0 Å². The summed E-state index contributed by atoms with van der Waals surface area (Å²) in [6.45, 7) is 6.01. The lowest BCUT2D eigenvalue weighted by atomic mass is 9.90. The standard InChI is InChI=1S/C9H21NO4S/c1-9(2,3)5-4-8(10-6-7-11)15(12,13)14/h8,10-11H,4-7H2,1-3H3,(H,12,13,14). The lowest BCUT2D eigenvalue weighted by molar-refractivity contribution is 0.282. The fourth-order valence-electron chi connectivity index (χ4n) is 1.15. The molecule has 0 aromatic heterocycles. The van der Waals surface area contributed by atoms with E-state index in [9.17, 15) is 8.42 Å². The van der Waals surface area contributed by atoms with Crippen LogP contribution in [0.1, 0.15) is 33.6 Å². The van der Waals surface area contributed by atoms with E-state index in [4.69, 9.17) is 9.66 Å². The molecule has 6 heteroatoms. The highest BCUT2D eigenvalue weighted by Crippen LogP contribution is 2.22. The highest BCUT2D eigenvalue weighted by molar-refractivity contribution is 7.86. The third kappa shape index (κ3) is 7.72. The number of hydrogen-bond acceptors (Lipinski definition) is 4. The van der Waals surface area contributed by atoms with Gasteiger partial charge in [0.15, 0.2) is 0 Å². The fourth-order valence-corrected chi connectivity index (χ4v) is 1.89. The van der Waals surface area contributed by atoms with Crippen molar-refractivity contribution >= 4 is 10.1 Å². The van der Waals surface area contributed by atoms with Crippen LogP contribution in [0.3, 0.4) is 0 Å². The second kappa shape index (κ2) is 5.79. The second-order valence-electron chi connectivity index (χ2n) is 4.78. The van der Waals surface area contributed by atoms with Gasteiger partial charge in [0.05, 0.1) is 6.61 Å². The zero-order valence-corrected chi connectivity index (χ0v) is 10.3. The number of aliphatic hydroxyl groups is 1. The van der Waals surface area contributed by atoms with Gasteiger partial charge in [0, 0.05) is 6.54 Å². The van der Waals surface area contributed by atoms with Gasteiger partial charge in [-0.05, 0) is 18.3 Å². The Morgan fingerprint density at radius 2 is 1.87 bits per heavy atom. The van der Waals surface area contributed by atoms with Gasteiger partial charge in [-0.3, -0.25) is 9.87 Å². The van der Waals surface area contributed by atoms with Gasteiger partial charge >= 0.3 is 0 Å². The van der Waals surface area contributed by atoms with Crippen LogP contribution < -0.4 is 5.32 Å². The summed E-state index contributed by atoms with van der Waals surface area (Å²) >= 11 is 0. The van der Waals surface area contributed by atoms with E-state index in [0.717, 1.165) is 0 Å². The van der Waals surface area contributed by atoms with E-state index in [-0.39, 0.29) is 18.6 Å². The molecule has 0 heterocycles. The summed E-state index contributed by atoms with van der Waals surface area (Å²) in [5.74, 6) is 0. The van der Waals surface area contributed by atoms with Crippen molar-refractivity contribution in [2.24, 2.45) is 5.41 Å². The van der Waals surface area contributed by atoms with E-state index in [0.29, 0.717) is 12.8 Å². The molecule has 1 unspecified atom stereocenters. The molecule has 0 aromatic carbocycles. The third-order valence-corrected chi connectivity index (χ3v) is 3.12. The Morgan fingerprint density at radius 1 is 1.33 bits per heavy atom. The number of hydrogen-bond donors (Lipinski definition) is 3. The van der Waals surface area contributed by atoms with Crippen LogP contribution >= 0.6 is 0 Å². The highest BCUT2D eigenvalue weighted by Gasteiger charge is 2.24. The van der Waals surface area contributed by atoms with Gasteiger partial charge in [0.25, 0.3) is 10.1 Å². The summed E-state index contributed by atoms with van der Waals surface area (Å²) in [5.41, 5.74) is 0.0177. The Labute approximate surface area is 91.6 Å². The molecule has 0 radical (unpaired) electrons. The van der Waals surface area contributed by atoms with Crippen molar-refractivity contribution in [1.82, 2.24) is 5.32 Å². The molecule has 15 heavy (non-hydrogen) atoms. The Bertz CT molecular complexity index is 268.